The Labute approximate surface area is 208 Å². The first-order valence-corrected chi connectivity index (χ1v) is 12.1. The standard InChI is InChI=1S/C25H34Cl2N4S/c1-24(2)14-20(15-25(3,4)29-24)31(16-17-7-10-19(11-8-17)30(5)6)23(32)28-22-13-18(26)9-12-21(22)27/h7-13,20,29H,14-16H2,1-6H3,(H,28,32). The highest BCUT2D eigenvalue weighted by Crippen LogP contribution is 2.33. The summed E-state index contributed by atoms with van der Waals surface area (Å²) < 4.78 is 0. The van der Waals surface area contributed by atoms with Gasteiger partial charge in [0.05, 0.1) is 10.7 Å². The van der Waals surface area contributed by atoms with Gasteiger partial charge in [0.25, 0.3) is 0 Å². The molecule has 0 radical (unpaired) electrons. The van der Waals surface area contributed by atoms with Gasteiger partial charge in [-0.15, -0.1) is 0 Å². The number of nitrogens with zero attached hydrogens (tertiary/aromatic N) is 2. The van der Waals surface area contributed by atoms with Gasteiger partial charge in [0, 0.05) is 48.5 Å². The molecule has 0 amide bonds. The van der Waals surface area contributed by atoms with E-state index in [0.29, 0.717) is 21.7 Å². The summed E-state index contributed by atoms with van der Waals surface area (Å²) in [5.74, 6) is 0. The van der Waals surface area contributed by atoms with Crippen LogP contribution in [0.1, 0.15) is 46.1 Å². The van der Waals surface area contributed by atoms with E-state index in [1.165, 1.54) is 11.3 Å². The Balaban J connectivity index is 1.91. The summed E-state index contributed by atoms with van der Waals surface area (Å²) in [5.41, 5.74) is 3.12. The van der Waals surface area contributed by atoms with Crippen LogP contribution in [-0.4, -0.2) is 41.2 Å². The second-order valence-electron chi connectivity index (χ2n) is 10.2. The number of benzene rings is 2. The highest BCUT2D eigenvalue weighted by molar-refractivity contribution is 7.80. The van der Waals surface area contributed by atoms with Crippen LogP contribution in [0.4, 0.5) is 11.4 Å². The lowest BCUT2D eigenvalue weighted by molar-refractivity contribution is 0.101. The van der Waals surface area contributed by atoms with Gasteiger partial charge >= 0.3 is 0 Å². The van der Waals surface area contributed by atoms with Crippen molar-refractivity contribution in [2.75, 3.05) is 24.3 Å². The molecule has 1 aliphatic heterocycles. The molecule has 1 saturated heterocycles. The number of anilines is 2. The van der Waals surface area contributed by atoms with Crippen molar-refractivity contribution in [1.82, 2.24) is 10.2 Å². The monoisotopic (exact) mass is 492 g/mol. The fourth-order valence-corrected chi connectivity index (χ4v) is 5.39. The molecule has 7 heteroatoms. The number of thiocarbonyl (C=S) groups is 1. The van der Waals surface area contributed by atoms with Crippen LogP contribution in [0.5, 0.6) is 0 Å². The zero-order valence-electron chi connectivity index (χ0n) is 19.8. The van der Waals surface area contributed by atoms with Gasteiger partial charge in [-0.1, -0.05) is 35.3 Å². The molecule has 0 aromatic heterocycles. The average Bonchev–Trinajstić information content (AvgIpc) is 2.66. The molecular weight excluding hydrogens is 459 g/mol. The lowest BCUT2D eigenvalue weighted by Gasteiger charge is -2.50. The second kappa shape index (κ2) is 9.76. The second-order valence-corrected chi connectivity index (χ2v) is 11.4. The van der Waals surface area contributed by atoms with Crippen molar-refractivity contribution in [3.63, 3.8) is 0 Å². The molecule has 32 heavy (non-hydrogen) atoms. The van der Waals surface area contributed by atoms with Gasteiger partial charge < -0.3 is 20.4 Å². The highest BCUT2D eigenvalue weighted by Gasteiger charge is 2.40. The molecule has 1 aliphatic rings. The van der Waals surface area contributed by atoms with Crippen molar-refractivity contribution in [2.45, 2.75) is 64.2 Å². The van der Waals surface area contributed by atoms with Crippen molar-refractivity contribution in [3.05, 3.63) is 58.1 Å². The van der Waals surface area contributed by atoms with Gasteiger partial charge in [0.1, 0.15) is 0 Å². The van der Waals surface area contributed by atoms with Gasteiger partial charge in [0.15, 0.2) is 5.11 Å². The summed E-state index contributed by atoms with van der Waals surface area (Å²) in [7, 11) is 4.10. The Kier molecular flexibility index (Phi) is 7.66. The molecule has 0 spiro atoms. The largest absolute Gasteiger partial charge is 0.378 e. The summed E-state index contributed by atoms with van der Waals surface area (Å²) >= 11 is 18.6. The lowest BCUT2D eigenvalue weighted by atomic mass is 9.79. The van der Waals surface area contributed by atoms with Crippen LogP contribution < -0.4 is 15.5 Å². The minimum Gasteiger partial charge on any atom is -0.378 e. The maximum absolute atomic E-state index is 6.41. The van der Waals surface area contributed by atoms with Gasteiger partial charge in [-0.2, -0.15) is 0 Å². The summed E-state index contributed by atoms with van der Waals surface area (Å²) in [6.45, 7) is 9.75. The number of piperidine rings is 1. The van der Waals surface area contributed by atoms with Gasteiger partial charge in [0.2, 0.25) is 0 Å². The first-order chi connectivity index (χ1) is 14.8. The number of rotatable bonds is 5. The topological polar surface area (TPSA) is 30.5 Å². The van der Waals surface area contributed by atoms with Gasteiger partial charge in [-0.25, -0.2) is 0 Å². The van der Waals surface area contributed by atoms with E-state index in [1.807, 2.05) is 20.2 Å². The van der Waals surface area contributed by atoms with E-state index in [0.717, 1.165) is 18.5 Å². The first-order valence-electron chi connectivity index (χ1n) is 10.9. The average molecular weight is 494 g/mol. The third kappa shape index (κ3) is 6.50. The molecule has 0 saturated carbocycles. The van der Waals surface area contributed by atoms with Crippen molar-refractivity contribution in [1.29, 1.82) is 0 Å². The van der Waals surface area contributed by atoms with E-state index in [4.69, 9.17) is 35.4 Å². The molecule has 0 atom stereocenters. The quantitative estimate of drug-likeness (QED) is 0.460. The van der Waals surface area contributed by atoms with Crippen LogP contribution >= 0.6 is 35.4 Å². The summed E-state index contributed by atoms with van der Waals surface area (Å²) in [6, 6.07) is 14.3. The Bertz CT molecular complexity index is 941. The molecule has 3 rings (SSSR count). The predicted molar refractivity (Wildman–Crippen MR) is 143 cm³/mol. The fourth-order valence-electron chi connectivity index (χ4n) is 4.73. The van der Waals surface area contributed by atoms with Crippen molar-refractivity contribution in [3.8, 4) is 0 Å². The summed E-state index contributed by atoms with van der Waals surface area (Å²) in [4.78, 5) is 4.41. The predicted octanol–water partition coefficient (Wildman–Crippen LogP) is 6.57. The molecule has 1 heterocycles. The van der Waals surface area contributed by atoms with E-state index in [-0.39, 0.29) is 17.1 Å². The molecule has 0 aliphatic carbocycles. The molecule has 2 aromatic rings. The number of halogens is 2. The maximum atomic E-state index is 6.41. The van der Waals surface area contributed by atoms with E-state index < -0.39 is 0 Å². The third-order valence-electron chi connectivity index (χ3n) is 5.85. The van der Waals surface area contributed by atoms with Crippen LogP contribution in [0.25, 0.3) is 0 Å². The number of hydrogen-bond acceptors (Lipinski definition) is 3. The zero-order chi connectivity index (χ0) is 23.7. The normalized spacial score (nSPS) is 17.6. The van der Waals surface area contributed by atoms with E-state index in [2.05, 4.69) is 72.4 Å². The fraction of sp³-hybridized carbons (Fsp3) is 0.480. The Hall–Kier alpha value is -1.53. The molecule has 2 N–H and O–H groups in total. The Morgan fingerprint density at radius 2 is 1.62 bits per heavy atom. The molecule has 4 nitrogen and oxygen atoms in total. The van der Waals surface area contributed by atoms with Crippen LogP contribution in [0.2, 0.25) is 10.0 Å². The summed E-state index contributed by atoms with van der Waals surface area (Å²) in [5, 5.41) is 9.01. The van der Waals surface area contributed by atoms with Crippen molar-refractivity contribution < 1.29 is 0 Å². The SMILES string of the molecule is CN(C)c1ccc(CN(C(=S)Nc2cc(Cl)ccc2Cl)C2CC(C)(C)NC(C)(C)C2)cc1. The van der Waals surface area contributed by atoms with E-state index in [9.17, 15) is 0 Å². The minimum atomic E-state index is 0.00274. The lowest BCUT2D eigenvalue weighted by Crippen LogP contribution is -2.63. The third-order valence-corrected chi connectivity index (χ3v) is 6.75. The molecular formula is C25H34Cl2N4S. The minimum absolute atomic E-state index is 0.00274. The van der Waals surface area contributed by atoms with Gasteiger partial charge in [-0.3, -0.25) is 0 Å². The van der Waals surface area contributed by atoms with Crippen molar-refractivity contribution >= 4 is 51.9 Å². The summed E-state index contributed by atoms with van der Waals surface area (Å²) in [6.07, 6.45) is 1.97. The molecule has 1 fully saturated rings. The van der Waals surface area contributed by atoms with Crippen LogP contribution in [0, 0.1) is 0 Å². The van der Waals surface area contributed by atoms with E-state index in [1.54, 1.807) is 12.1 Å². The van der Waals surface area contributed by atoms with Crippen molar-refractivity contribution in [2.24, 2.45) is 0 Å². The molecule has 0 unspecified atom stereocenters. The zero-order valence-corrected chi connectivity index (χ0v) is 22.1. The highest BCUT2D eigenvalue weighted by atomic mass is 35.5. The Morgan fingerprint density at radius 3 is 2.19 bits per heavy atom. The molecule has 174 valence electrons. The first kappa shape index (κ1) is 25.1. The van der Waals surface area contributed by atoms with Crippen LogP contribution in [-0.2, 0) is 6.54 Å². The molecule has 0 bridgehead atoms. The number of hydrogen-bond donors (Lipinski definition) is 2. The van der Waals surface area contributed by atoms with E-state index >= 15 is 0 Å². The van der Waals surface area contributed by atoms with Crippen LogP contribution in [0.3, 0.4) is 0 Å². The van der Waals surface area contributed by atoms with Gasteiger partial charge in [-0.05, 0) is 88.6 Å². The molecule has 2 aromatic carbocycles. The Morgan fingerprint density at radius 1 is 1.03 bits per heavy atom. The smallest absolute Gasteiger partial charge is 0.174 e. The number of nitrogens with one attached hydrogen (secondary N) is 2. The van der Waals surface area contributed by atoms with Crippen LogP contribution in [0.15, 0.2) is 42.5 Å². The maximum Gasteiger partial charge on any atom is 0.174 e.